The van der Waals surface area contributed by atoms with Crippen LogP contribution in [0.25, 0.3) is 5.65 Å². The highest BCUT2D eigenvalue weighted by atomic mass is 16.5. The van der Waals surface area contributed by atoms with Crippen molar-refractivity contribution < 1.29 is 9.53 Å². The summed E-state index contributed by atoms with van der Waals surface area (Å²) in [7, 11) is 3.38. The SMILES string of the molecule is CNc1cc(Nc2cccn([C@H]3CC[C@@H]3OC)c2=O)nc2c(C(N)=O)cnn12. The van der Waals surface area contributed by atoms with E-state index in [1.807, 2.05) is 0 Å². The van der Waals surface area contributed by atoms with Crippen LogP contribution in [0.3, 0.4) is 0 Å². The van der Waals surface area contributed by atoms with Crippen LogP contribution in [0.5, 0.6) is 0 Å². The Labute approximate surface area is 160 Å². The number of rotatable bonds is 6. The van der Waals surface area contributed by atoms with Crippen molar-refractivity contribution in [3.05, 3.63) is 46.5 Å². The number of carbonyl (C=O) groups is 1. The lowest BCUT2D eigenvalue weighted by atomic mass is 9.88. The van der Waals surface area contributed by atoms with Gasteiger partial charge in [-0.25, -0.2) is 4.98 Å². The highest BCUT2D eigenvalue weighted by Crippen LogP contribution is 2.33. The summed E-state index contributed by atoms with van der Waals surface area (Å²) in [5.41, 5.74) is 6.12. The Morgan fingerprint density at radius 3 is 2.86 bits per heavy atom. The average molecular weight is 383 g/mol. The maximum atomic E-state index is 12.9. The third-order valence-electron chi connectivity index (χ3n) is 5.07. The smallest absolute Gasteiger partial charge is 0.274 e. The first-order valence-corrected chi connectivity index (χ1v) is 8.90. The monoisotopic (exact) mass is 383 g/mol. The van der Waals surface area contributed by atoms with E-state index in [0.29, 0.717) is 23.0 Å². The molecule has 0 aromatic carbocycles. The molecule has 0 saturated heterocycles. The highest BCUT2D eigenvalue weighted by Gasteiger charge is 2.33. The van der Waals surface area contributed by atoms with Crippen molar-refractivity contribution in [3.8, 4) is 0 Å². The minimum absolute atomic E-state index is 0.0267. The molecule has 28 heavy (non-hydrogen) atoms. The van der Waals surface area contributed by atoms with E-state index in [-0.39, 0.29) is 23.3 Å². The number of nitrogens with two attached hydrogens (primary N) is 1. The summed E-state index contributed by atoms with van der Waals surface area (Å²) in [5.74, 6) is 0.362. The third kappa shape index (κ3) is 2.87. The summed E-state index contributed by atoms with van der Waals surface area (Å²) in [6.07, 6.45) is 5.01. The number of hydrogen-bond donors (Lipinski definition) is 3. The second-order valence-corrected chi connectivity index (χ2v) is 6.61. The number of pyridine rings is 1. The number of ether oxygens (including phenoxy) is 1. The van der Waals surface area contributed by atoms with Crippen molar-refractivity contribution in [1.29, 1.82) is 0 Å². The van der Waals surface area contributed by atoms with Gasteiger partial charge < -0.3 is 25.7 Å². The van der Waals surface area contributed by atoms with Gasteiger partial charge in [-0.15, -0.1) is 0 Å². The molecule has 0 spiro atoms. The Morgan fingerprint density at radius 1 is 1.39 bits per heavy atom. The van der Waals surface area contributed by atoms with Crippen LogP contribution in [-0.4, -0.2) is 45.3 Å². The quantitative estimate of drug-likeness (QED) is 0.582. The van der Waals surface area contributed by atoms with E-state index in [4.69, 9.17) is 10.5 Å². The third-order valence-corrected chi connectivity index (χ3v) is 5.07. The maximum Gasteiger partial charge on any atom is 0.274 e. The fraction of sp³-hybridized carbons (Fsp3) is 0.333. The Hall–Kier alpha value is -3.40. The number of anilines is 3. The zero-order valence-corrected chi connectivity index (χ0v) is 15.5. The zero-order chi connectivity index (χ0) is 19.8. The fourth-order valence-corrected chi connectivity index (χ4v) is 3.43. The number of nitrogens with one attached hydrogen (secondary N) is 2. The molecule has 3 aromatic heterocycles. The van der Waals surface area contributed by atoms with Gasteiger partial charge in [0, 0.05) is 26.4 Å². The van der Waals surface area contributed by atoms with Crippen LogP contribution in [0.1, 0.15) is 29.2 Å². The van der Waals surface area contributed by atoms with Crippen molar-refractivity contribution in [2.24, 2.45) is 5.73 Å². The number of methoxy groups -OCH3 is 1. The van der Waals surface area contributed by atoms with Gasteiger partial charge in [-0.2, -0.15) is 9.61 Å². The van der Waals surface area contributed by atoms with Crippen LogP contribution in [-0.2, 0) is 4.74 Å². The normalized spacial score (nSPS) is 18.6. The summed E-state index contributed by atoms with van der Waals surface area (Å²) < 4.78 is 8.58. The van der Waals surface area contributed by atoms with Crippen LogP contribution in [0.2, 0.25) is 0 Å². The first kappa shape index (κ1) is 18.0. The zero-order valence-electron chi connectivity index (χ0n) is 15.5. The van der Waals surface area contributed by atoms with Gasteiger partial charge >= 0.3 is 0 Å². The molecule has 3 aromatic rings. The van der Waals surface area contributed by atoms with E-state index in [2.05, 4.69) is 20.7 Å². The summed E-state index contributed by atoms with van der Waals surface area (Å²) in [6.45, 7) is 0. The fourth-order valence-electron chi connectivity index (χ4n) is 3.43. The van der Waals surface area contributed by atoms with E-state index in [9.17, 15) is 9.59 Å². The number of carbonyl (C=O) groups excluding carboxylic acids is 1. The molecule has 0 bridgehead atoms. The first-order chi connectivity index (χ1) is 13.5. The van der Waals surface area contributed by atoms with Crippen LogP contribution < -0.4 is 21.9 Å². The maximum absolute atomic E-state index is 12.9. The standard InChI is InChI=1S/C18H21N7O3/c1-20-15-8-14(23-17-10(16(19)26)9-21-25(15)17)22-11-4-3-7-24(18(11)27)12-5-6-13(12)28-2/h3-4,7-9,12-13,20H,5-6H2,1-2H3,(H2,19,26)(H,22,23)/t12-,13-/m0/s1. The van der Waals surface area contributed by atoms with E-state index in [0.717, 1.165) is 12.8 Å². The Morgan fingerprint density at radius 2 is 2.21 bits per heavy atom. The molecule has 0 aliphatic heterocycles. The van der Waals surface area contributed by atoms with Gasteiger partial charge in [-0.3, -0.25) is 9.59 Å². The summed E-state index contributed by atoms with van der Waals surface area (Å²) in [5, 5.41) is 10.2. The molecule has 10 nitrogen and oxygen atoms in total. The molecule has 0 radical (unpaired) electrons. The predicted molar refractivity (Wildman–Crippen MR) is 104 cm³/mol. The van der Waals surface area contributed by atoms with Gasteiger partial charge in [0.15, 0.2) is 5.65 Å². The molecule has 4 rings (SSSR count). The summed E-state index contributed by atoms with van der Waals surface area (Å²) in [4.78, 5) is 29.0. The molecular formula is C18H21N7O3. The number of nitrogens with zero attached hydrogens (tertiary/aromatic N) is 4. The lowest BCUT2D eigenvalue weighted by Crippen LogP contribution is -2.40. The molecule has 1 saturated carbocycles. The van der Waals surface area contributed by atoms with Crippen LogP contribution in [0.4, 0.5) is 17.3 Å². The van der Waals surface area contributed by atoms with Gasteiger partial charge in [0.2, 0.25) is 0 Å². The molecule has 2 atom stereocenters. The van der Waals surface area contributed by atoms with E-state index < -0.39 is 5.91 Å². The number of primary amides is 1. The van der Waals surface area contributed by atoms with Gasteiger partial charge in [-0.1, -0.05) is 0 Å². The number of aromatic nitrogens is 4. The second-order valence-electron chi connectivity index (χ2n) is 6.61. The minimum atomic E-state index is -0.626. The van der Waals surface area contributed by atoms with Gasteiger partial charge in [0.1, 0.15) is 22.9 Å². The van der Waals surface area contributed by atoms with Crippen molar-refractivity contribution in [2.45, 2.75) is 25.0 Å². The van der Waals surface area contributed by atoms with Crippen molar-refractivity contribution >= 4 is 28.9 Å². The molecule has 1 aliphatic rings. The number of fused-ring (bicyclic) bond motifs is 1. The first-order valence-electron chi connectivity index (χ1n) is 8.90. The molecule has 1 aliphatic carbocycles. The Balaban J connectivity index is 1.73. The van der Waals surface area contributed by atoms with Gasteiger partial charge in [0.05, 0.1) is 18.3 Å². The Kier molecular flexibility index (Phi) is 4.47. The topological polar surface area (TPSA) is 129 Å². The molecule has 1 fully saturated rings. The number of hydrogen-bond acceptors (Lipinski definition) is 7. The summed E-state index contributed by atoms with van der Waals surface area (Å²) >= 11 is 0. The molecule has 4 N–H and O–H groups in total. The van der Waals surface area contributed by atoms with Crippen molar-refractivity contribution in [3.63, 3.8) is 0 Å². The average Bonchev–Trinajstić information content (AvgIpc) is 3.08. The predicted octanol–water partition coefficient (Wildman–Crippen LogP) is 1.13. The van der Waals surface area contributed by atoms with E-state index in [1.165, 1.54) is 10.7 Å². The van der Waals surface area contributed by atoms with Crippen LogP contribution in [0, 0.1) is 0 Å². The molecule has 146 valence electrons. The lowest BCUT2D eigenvalue weighted by molar-refractivity contribution is -0.0103. The number of amides is 1. The highest BCUT2D eigenvalue weighted by molar-refractivity contribution is 5.98. The summed E-state index contributed by atoms with van der Waals surface area (Å²) in [6, 6.07) is 5.22. The molecule has 10 heteroatoms. The van der Waals surface area contributed by atoms with Gasteiger partial charge in [0.25, 0.3) is 11.5 Å². The lowest BCUT2D eigenvalue weighted by Gasteiger charge is -2.36. The molecule has 0 unspecified atom stereocenters. The van der Waals surface area contributed by atoms with Crippen molar-refractivity contribution in [2.75, 3.05) is 24.8 Å². The van der Waals surface area contributed by atoms with Gasteiger partial charge in [-0.05, 0) is 25.0 Å². The Bertz CT molecular complexity index is 1100. The van der Waals surface area contributed by atoms with E-state index >= 15 is 0 Å². The van der Waals surface area contributed by atoms with Crippen LogP contribution >= 0.6 is 0 Å². The van der Waals surface area contributed by atoms with Crippen molar-refractivity contribution in [1.82, 2.24) is 19.2 Å². The molecule has 1 amide bonds. The van der Waals surface area contributed by atoms with Crippen LogP contribution in [0.15, 0.2) is 35.4 Å². The largest absolute Gasteiger partial charge is 0.379 e. The van der Waals surface area contributed by atoms with E-state index in [1.54, 1.807) is 43.1 Å². The molecule has 3 heterocycles. The minimum Gasteiger partial charge on any atom is -0.379 e. The second kappa shape index (κ2) is 6.97. The molecular weight excluding hydrogens is 362 g/mol.